The Morgan fingerprint density at radius 1 is 1.27 bits per heavy atom. The third-order valence-corrected chi connectivity index (χ3v) is 4.59. The van der Waals surface area contributed by atoms with Gasteiger partial charge in [-0.1, -0.05) is 31.9 Å². The van der Waals surface area contributed by atoms with Crippen LogP contribution in [-0.4, -0.2) is 17.1 Å². The third kappa shape index (κ3) is 4.64. The van der Waals surface area contributed by atoms with Gasteiger partial charge in [-0.2, -0.15) is 0 Å². The van der Waals surface area contributed by atoms with E-state index < -0.39 is 12.0 Å². The highest BCUT2D eigenvalue weighted by Gasteiger charge is 2.16. The molecule has 1 aromatic heterocycles. The van der Waals surface area contributed by atoms with Gasteiger partial charge in [-0.25, -0.2) is 4.39 Å². The lowest BCUT2D eigenvalue weighted by molar-refractivity contribution is -0.139. The van der Waals surface area contributed by atoms with Crippen molar-refractivity contribution in [1.82, 2.24) is 5.32 Å². The average Bonchev–Trinajstić information content (AvgIpc) is 2.96. The molecule has 22 heavy (non-hydrogen) atoms. The van der Waals surface area contributed by atoms with Crippen molar-refractivity contribution >= 4 is 17.3 Å². The van der Waals surface area contributed by atoms with Crippen LogP contribution in [-0.2, 0) is 11.3 Å². The molecule has 5 heteroatoms. The molecule has 1 atom stereocenters. The summed E-state index contributed by atoms with van der Waals surface area (Å²) in [5.74, 6) is -1.05. The van der Waals surface area contributed by atoms with Crippen molar-refractivity contribution in [1.29, 1.82) is 0 Å². The SMILES string of the molecule is CCCC[C@H](NCc1ccc(-c2ccc(F)cc2)s1)C(=O)O. The van der Waals surface area contributed by atoms with Crippen LogP contribution in [0.25, 0.3) is 10.4 Å². The summed E-state index contributed by atoms with van der Waals surface area (Å²) in [5, 5.41) is 12.3. The minimum atomic E-state index is -0.802. The number of thiophene rings is 1. The second kappa shape index (κ2) is 8.06. The van der Waals surface area contributed by atoms with Crippen LogP contribution in [0.4, 0.5) is 4.39 Å². The van der Waals surface area contributed by atoms with Crippen LogP contribution in [0.15, 0.2) is 36.4 Å². The lowest BCUT2D eigenvalue weighted by Crippen LogP contribution is -2.35. The van der Waals surface area contributed by atoms with Gasteiger partial charge in [0.15, 0.2) is 0 Å². The summed E-state index contributed by atoms with van der Waals surface area (Å²) in [5.41, 5.74) is 0.971. The molecule has 2 rings (SSSR count). The maximum atomic E-state index is 12.9. The highest BCUT2D eigenvalue weighted by atomic mass is 32.1. The van der Waals surface area contributed by atoms with E-state index in [-0.39, 0.29) is 5.82 Å². The smallest absolute Gasteiger partial charge is 0.320 e. The molecule has 0 radical (unpaired) electrons. The van der Waals surface area contributed by atoms with Gasteiger partial charge in [0, 0.05) is 16.3 Å². The number of rotatable bonds is 8. The highest BCUT2D eigenvalue weighted by molar-refractivity contribution is 7.15. The number of carboxylic acids is 1. The van der Waals surface area contributed by atoms with E-state index in [0.717, 1.165) is 28.2 Å². The third-order valence-electron chi connectivity index (χ3n) is 3.46. The summed E-state index contributed by atoms with van der Waals surface area (Å²) in [6.45, 7) is 2.58. The van der Waals surface area contributed by atoms with E-state index in [4.69, 9.17) is 0 Å². The highest BCUT2D eigenvalue weighted by Crippen LogP contribution is 2.28. The van der Waals surface area contributed by atoms with Gasteiger partial charge in [0.05, 0.1) is 0 Å². The number of hydrogen-bond donors (Lipinski definition) is 2. The summed E-state index contributed by atoms with van der Waals surface area (Å²) in [6.07, 6.45) is 2.52. The number of nitrogens with one attached hydrogen (secondary N) is 1. The molecule has 2 N–H and O–H groups in total. The Bertz CT molecular complexity index is 609. The van der Waals surface area contributed by atoms with E-state index in [1.807, 2.05) is 19.1 Å². The number of hydrogen-bond acceptors (Lipinski definition) is 3. The maximum Gasteiger partial charge on any atom is 0.320 e. The van der Waals surface area contributed by atoms with Crippen molar-refractivity contribution in [2.24, 2.45) is 0 Å². The normalized spacial score (nSPS) is 12.3. The Morgan fingerprint density at radius 3 is 2.64 bits per heavy atom. The number of halogens is 1. The molecule has 0 fully saturated rings. The van der Waals surface area contributed by atoms with Gasteiger partial charge >= 0.3 is 5.97 Å². The predicted molar refractivity (Wildman–Crippen MR) is 87.5 cm³/mol. The van der Waals surface area contributed by atoms with Crippen LogP contribution < -0.4 is 5.32 Å². The molecular formula is C17H20FNO2S. The van der Waals surface area contributed by atoms with Crippen LogP contribution in [0.2, 0.25) is 0 Å². The van der Waals surface area contributed by atoms with Crippen molar-refractivity contribution in [3.05, 3.63) is 47.1 Å². The fourth-order valence-electron chi connectivity index (χ4n) is 2.19. The number of carbonyl (C=O) groups is 1. The number of benzene rings is 1. The van der Waals surface area contributed by atoms with Crippen molar-refractivity contribution in [3.63, 3.8) is 0 Å². The molecule has 0 saturated heterocycles. The monoisotopic (exact) mass is 321 g/mol. The van der Waals surface area contributed by atoms with Crippen molar-refractivity contribution in [2.45, 2.75) is 38.8 Å². The van der Waals surface area contributed by atoms with E-state index in [1.54, 1.807) is 23.5 Å². The zero-order valence-corrected chi connectivity index (χ0v) is 13.3. The molecule has 0 aliphatic rings. The average molecular weight is 321 g/mol. The van der Waals surface area contributed by atoms with Crippen molar-refractivity contribution < 1.29 is 14.3 Å². The first kappa shape index (κ1) is 16.6. The predicted octanol–water partition coefficient (Wildman–Crippen LogP) is 4.29. The topological polar surface area (TPSA) is 49.3 Å². The van der Waals surface area contributed by atoms with Gasteiger partial charge in [0.1, 0.15) is 11.9 Å². The fraction of sp³-hybridized carbons (Fsp3) is 0.353. The molecule has 0 amide bonds. The van der Waals surface area contributed by atoms with Crippen LogP contribution in [0.5, 0.6) is 0 Å². The Kier molecular flexibility index (Phi) is 6.10. The quantitative estimate of drug-likeness (QED) is 0.762. The first-order valence-corrected chi connectivity index (χ1v) is 8.22. The van der Waals surface area contributed by atoms with E-state index in [9.17, 15) is 14.3 Å². The van der Waals surface area contributed by atoms with Crippen molar-refractivity contribution in [2.75, 3.05) is 0 Å². The van der Waals surface area contributed by atoms with Crippen LogP contribution in [0, 0.1) is 5.82 Å². The Morgan fingerprint density at radius 2 is 2.00 bits per heavy atom. The molecular weight excluding hydrogens is 301 g/mol. The van der Waals surface area contributed by atoms with Gasteiger partial charge in [-0.15, -0.1) is 11.3 Å². The molecule has 3 nitrogen and oxygen atoms in total. The molecule has 1 aromatic carbocycles. The second-order valence-corrected chi connectivity index (χ2v) is 6.36. The lowest BCUT2D eigenvalue weighted by atomic mass is 10.1. The summed E-state index contributed by atoms with van der Waals surface area (Å²) >= 11 is 1.59. The van der Waals surface area contributed by atoms with Gasteiger partial charge in [-0.3, -0.25) is 10.1 Å². The number of aliphatic carboxylic acids is 1. The Hall–Kier alpha value is -1.72. The van der Waals surface area contributed by atoms with Crippen LogP contribution in [0.1, 0.15) is 31.1 Å². The fourth-order valence-corrected chi connectivity index (χ4v) is 3.15. The molecule has 0 saturated carbocycles. The molecule has 1 heterocycles. The van der Waals surface area contributed by atoms with E-state index in [0.29, 0.717) is 13.0 Å². The summed E-state index contributed by atoms with van der Waals surface area (Å²) in [6, 6.07) is 9.85. The van der Waals surface area contributed by atoms with E-state index >= 15 is 0 Å². The molecule has 118 valence electrons. The Labute approximate surface area is 133 Å². The van der Waals surface area contributed by atoms with Gasteiger partial charge < -0.3 is 5.11 Å². The van der Waals surface area contributed by atoms with E-state index in [2.05, 4.69) is 5.32 Å². The first-order chi connectivity index (χ1) is 10.6. The standard InChI is InChI=1S/C17H20FNO2S/c1-2-3-4-15(17(20)21)19-11-14-9-10-16(22-14)12-5-7-13(18)8-6-12/h5-10,15,19H,2-4,11H2,1H3,(H,20,21)/t15-/m0/s1. The molecule has 0 bridgehead atoms. The van der Waals surface area contributed by atoms with Gasteiger partial charge in [0.25, 0.3) is 0 Å². The minimum Gasteiger partial charge on any atom is -0.480 e. The summed E-state index contributed by atoms with van der Waals surface area (Å²) < 4.78 is 12.9. The molecule has 0 aliphatic carbocycles. The molecule has 0 unspecified atom stereocenters. The molecule has 0 spiro atoms. The maximum absolute atomic E-state index is 12.9. The largest absolute Gasteiger partial charge is 0.480 e. The summed E-state index contributed by atoms with van der Waals surface area (Å²) in [4.78, 5) is 13.3. The number of carboxylic acid groups (broad SMARTS) is 1. The Balaban J connectivity index is 1.96. The molecule has 2 aromatic rings. The van der Waals surface area contributed by atoms with Gasteiger partial charge in [0.2, 0.25) is 0 Å². The van der Waals surface area contributed by atoms with Crippen LogP contribution in [0.3, 0.4) is 0 Å². The zero-order chi connectivity index (χ0) is 15.9. The molecule has 0 aliphatic heterocycles. The second-order valence-electron chi connectivity index (χ2n) is 5.19. The summed E-state index contributed by atoms with van der Waals surface area (Å²) in [7, 11) is 0. The van der Waals surface area contributed by atoms with Crippen LogP contribution >= 0.6 is 11.3 Å². The van der Waals surface area contributed by atoms with E-state index in [1.165, 1.54) is 12.1 Å². The zero-order valence-electron chi connectivity index (χ0n) is 12.5. The lowest BCUT2D eigenvalue weighted by Gasteiger charge is -2.13. The number of unbranched alkanes of at least 4 members (excludes halogenated alkanes) is 1. The first-order valence-electron chi connectivity index (χ1n) is 7.41. The minimum absolute atomic E-state index is 0.248. The van der Waals surface area contributed by atoms with Crippen molar-refractivity contribution in [3.8, 4) is 10.4 Å². The van der Waals surface area contributed by atoms with Gasteiger partial charge in [-0.05, 0) is 36.2 Å².